The van der Waals surface area contributed by atoms with Crippen LogP contribution in [0.1, 0.15) is 0 Å². The fraction of sp³-hybridized carbons (Fsp3) is 1.00. The van der Waals surface area contributed by atoms with Crippen LogP contribution in [0.4, 0.5) is 0 Å². The highest BCUT2D eigenvalue weighted by molar-refractivity contribution is 8.65. The van der Waals surface area contributed by atoms with Crippen LogP contribution < -0.4 is 0 Å². The van der Waals surface area contributed by atoms with Crippen LogP contribution in [0.5, 0.6) is 0 Å². The maximum Gasteiger partial charge on any atom is 0.222 e. The van der Waals surface area contributed by atoms with E-state index >= 15 is 0 Å². The summed E-state index contributed by atoms with van der Waals surface area (Å²) in [4.78, 5) is 0. The summed E-state index contributed by atoms with van der Waals surface area (Å²) in [7, 11) is -0.485. The minimum atomic E-state index is -0.590. The first-order valence-corrected chi connectivity index (χ1v) is 5.67. The lowest BCUT2D eigenvalue weighted by molar-refractivity contribution is 0.694. The standard InChI is InChI=1S/C3H9OS2/c1-5(2)6(3)4/h1-3H3/q+1. The molecule has 0 fully saturated rings. The van der Waals surface area contributed by atoms with Crippen molar-refractivity contribution >= 4 is 19.8 Å². The van der Waals surface area contributed by atoms with Gasteiger partial charge >= 0.3 is 0 Å². The number of rotatable bonds is 1. The van der Waals surface area contributed by atoms with E-state index in [1.54, 1.807) is 6.26 Å². The van der Waals surface area contributed by atoms with Crippen LogP contribution in [0.3, 0.4) is 0 Å². The molecule has 0 aliphatic carbocycles. The van der Waals surface area contributed by atoms with E-state index in [2.05, 4.69) is 0 Å². The lowest BCUT2D eigenvalue weighted by Crippen LogP contribution is -2.00. The zero-order valence-electron chi connectivity index (χ0n) is 4.22. The Kier molecular flexibility index (Phi) is 2.86. The zero-order valence-corrected chi connectivity index (χ0v) is 5.86. The third-order valence-electron chi connectivity index (χ3n) is 0.469. The Hall–Kier alpha value is 0.500. The van der Waals surface area contributed by atoms with E-state index in [4.69, 9.17) is 0 Å². The molecule has 0 aliphatic heterocycles. The van der Waals surface area contributed by atoms with Crippen molar-refractivity contribution in [2.75, 3.05) is 18.8 Å². The third kappa shape index (κ3) is 2.72. The highest BCUT2D eigenvalue weighted by Crippen LogP contribution is 1.85. The topological polar surface area (TPSA) is 17.1 Å². The summed E-state index contributed by atoms with van der Waals surface area (Å²) >= 11 is 0. The third-order valence-corrected chi connectivity index (χ3v) is 4.22. The Bertz CT molecular complexity index is 59.8. The highest BCUT2D eigenvalue weighted by Gasteiger charge is 2.04. The molecule has 0 bridgehead atoms. The molecule has 1 unspecified atom stereocenters. The molecule has 3 heteroatoms. The van der Waals surface area contributed by atoms with E-state index in [0.29, 0.717) is 0 Å². The summed E-state index contributed by atoms with van der Waals surface area (Å²) in [6.07, 6.45) is 5.66. The maximum atomic E-state index is 10.3. The van der Waals surface area contributed by atoms with Gasteiger partial charge in [-0.25, -0.2) is 4.21 Å². The smallest absolute Gasteiger partial charge is 0.205 e. The molecule has 6 heavy (non-hydrogen) atoms. The molecule has 0 saturated carbocycles. The SMILES string of the molecule is CS(=O)[S+](C)C. The van der Waals surface area contributed by atoms with Gasteiger partial charge in [-0.15, -0.1) is 0 Å². The Balaban J connectivity index is 3.26. The summed E-state index contributed by atoms with van der Waals surface area (Å²) in [5, 5.41) is 0. The molecular weight excluding hydrogens is 116 g/mol. The summed E-state index contributed by atoms with van der Waals surface area (Å²) in [5.74, 6) is 0. The second-order valence-corrected chi connectivity index (χ2v) is 6.84. The van der Waals surface area contributed by atoms with Gasteiger partial charge in [0.1, 0.15) is 12.5 Å². The van der Waals surface area contributed by atoms with Crippen molar-refractivity contribution in [1.82, 2.24) is 0 Å². The molecule has 0 aromatic rings. The van der Waals surface area contributed by atoms with E-state index in [1.165, 1.54) is 0 Å². The second kappa shape index (κ2) is 2.64. The summed E-state index contributed by atoms with van der Waals surface area (Å²) in [6, 6.07) is 0. The van der Waals surface area contributed by atoms with Crippen LogP contribution >= 0.6 is 0 Å². The van der Waals surface area contributed by atoms with Gasteiger partial charge in [0.2, 0.25) is 9.83 Å². The first-order chi connectivity index (χ1) is 2.64. The molecule has 0 amide bonds. The largest absolute Gasteiger partial charge is 0.222 e. The molecule has 0 aromatic heterocycles. The van der Waals surface area contributed by atoms with Crippen molar-refractivity contribution in [3.05, 3.63) is 0 Å². The fourth-order valence-corrected chi connectivity index (χ4v) is 0. The Labute approximate surface area is 43.3 Å². The van der Waals surface area contributed by atoms with E-state index in [1.807, 2.05) is 12.5 Å². The quantitative estimate of drug-likeness (QED) is 0.360. The molecule has 0 saturated heterocycles. The lowest BCUT2D eigenvalue weighted by Gasteiger charge is -1.81. The summed E-state index contributed by atoms with van der Waals surface area (Å²) in [6.45, 7) is 0. The van der Waals surface area contributed by atoms with Crippen molar-refractivity contribution in [2.45, 2.75) is 0 Å². The predicted octanol–water partition coefficient (Wildman–Crippen LogP) is 0.158. The number of hydrogen-bond acceptors (Lipinski definition) is 1. The minimum Gasteiger partial charge on any atom is -0.205 e. The lowest BCUT2D eigenvalue weighted by atomic mass is 11.9. The van der Waals surface area contributed by atoms with Crippen LogP contribution in [0, 0.1) is 0 Å². The predicted molar refractivity (Wildman–Crippen MR) is 33.3 cm³/mol. The van der Waals surface area contributed by atoms with Crippen LogP contribution in [0.15, 0.2) is 0 Å². The molecule has 1 atom stereocenters. The van der Waals surface area contributed by atoms with Gasteiger partial charge in [0.15, 0.2) is 0 Å². The van der Waals surface area contributed by atoms with Crippen LogP contribution in [-0.2, 0) is 19.8 Å². The van der Waals surface area contributed by atoms with Gasteiger partial charge in [-0.2, -0.15) is 0 Å². The minimum absolute atomic E-state index is 0.105. The highest BCUT2D eigenvalue weighted by atomic mass is 33.2. The van der Waals surface area contributed by atoms with Crippen molar-refractivity contribution in [3.63, 3.8) is 0 Å². The van der Waals surface area contributed by atoms with E-state index in [9.17, 15) is 4.21 Å². The first kappa shape index (κ1) is 6.50. The van der Waals surface area contributed by atoms with Crippen molar-refractivity contribution in [3.8, 4) is 0 Å². The fourth-order valence-electron chi connectivity index (χ4n) is 0. The Morgan fingerprint density at radius 2 is 1.67 bits per heavy atom. The molecule has 38 valence electrons. The molecular formula is C3H9OS2+. The van der Waals surface area contributed by atoms with Gasteiger partial charge < -0.3 is 0 Å². The second-order valence-electron chi connectivity index (χ2n) is 1.14. The maximum absolute atomic E-state index is 10.3. The molecule has 0 aromatic carbocycles. The van der Waals surface area contributed by atoms with E-state index in [-0.39, 0.29) is 9.93 Å². The van der Waals surface area contributed by atoms with Gasteiger partial charge in [0, 0.05) is 0 Å². The molecule has 1 nitrogen and oxygen atoms in total. The van der Waals surface area contributed by atoms with Gasteiger partial charge in [0.05, 0.1) is 16.2 Å². The molecule has 0 spiro atoms. The Morgan fingerprint density at radius 1 is 1.50 bits per heavy atom. The zero-order chi connectivity index (χ0) is 5.15. The molecule has 0 N–H and O–H groups in total. The summed E-state index contributed by atoms with van der Waals surface area (Å²) in [5.41, 5.74) is 0. The molecule has 0 radical (unpaired) electrons. The number of hydrogen-bond donors (Lipinski definition) is 0. The molecule has 0 heterocycles. The average molecular weight is 125 g/mol. The van der Waals surface area contributed by atoms with Gasteiger partial charge in [-0.3, -0.25) is 0 Å². The van der Waals surface area contributed by atoms with Gasteiger partial charge in [-0.05, 0) is 0 Å². The normalized spacial score (nSPS) is 15.3. The van der Waals surface area contributed by atoms with Crippen molar-refractivity contribution in [2.24, 2.45) is 0 Å². The molecule has 0 rings (SSSR count). The van der Waals surface area contributed by atoms with Crippen molar-refractivity contribution in [1.29, 1.82) is 0 Å². The van der Waals surface area contributed by atoms with Crippen LogP contribution in [0.2, 0.25) is 0 Å². The van der Waals surface area contributed by atoms with Crippen molar-refractivity contribution < 1.29 is 4.21 Å². The first-order valence-electron chi connectivity index (χ1n) is 1.56. The van der Waals surface area contributed by atoms with E-state index in [0.717, 1.165) is 0 Å². The van der Waals surface area contributed by atoms with Crippen LogP contribution in [0.25, 0.3) is 0 Å². The summed E-state index contributed by atoms with van der Waals surface area (Å²) < 4.78 is 10.3. The Morgan fingerprint density at radius 3 is 1.67 bits per heavy atom. The monoisotopic (exact) mass is 125 g/mol. The van der Waals surface area contributed by atoms with E-state index < -0.39 is 9.83 Å². The molecule has 0 aliphatic rings. The average Bonchev–Trinajstić information content (AvgIpc) is 1.36. The van der Waals surface area contributed by atoms with Gasteiger partial charge in [-0.1, -0.05) is 0 Å². The van der Waals surface area contributed by atoms with Crippen LogP contribution in [-0.4, -0.2) is 23.0 Å². The van der Waals surface area contributed by atoms with Gasteiger partial charge in [0.25, 0.3) is 0 Å².